The molecule has 0 spiro atoms. The van der Waals surface area contributed by atoms with Gasteiger partial charge in [-0.05, 0) is 31.5 Å². The van der Waals surface area contributed by atoms with Crippen molar-refractivity contribution in [3.63, 3.8) is 0 Å². The Kier molecular flexibility index (Phi) is 6.28. The van der Waals surface area contributed by atoms with Gasteiger partial charge in [0.15, 0.2) is 0 Å². The highest BCUT2D eigenvalue weighted by molar-refractivity contribution is 7.91. The summed E-state index contributed by atoms with van der Waals surface area (Å²) in [7, 11) is -3.71. The Morgan fingerprint density at radius 1 is 1.00 bits per heavy atom. The smallest absolute Gasteiger partial charge is 0.335 e. The molecule has 0 fully saturated rings. The van der Waals surface area contributed by atoms with E-state index in [1.165, 1.54) is 13.8 Å². The highest BCUT2D eigenvalue weighted by Crippen LogP contribution is 2.21. The molecule has 0 radical (unpaired) electrons. The van der Waals surface area contributed by atoms with Crippen LogP contribution in [0.25, 0.3) is 0 Å². The lowest BCUT2D eigenvalue weighted by molar-refractivity contribution is 0.244. The molecule has 1 heterocycles. The molecule has 1 aromatic heterocycles. The highest BCUT2D eigenvalue weighted by Gasteiger charge is 2.29. The Labute approximate surface area is 169 Å². The van der Waals surface area contributed by atoms with Gasteiger partial charge >= 0.3 is 11.3 Å². The lowest BCUT2D eigenvalue weighted by Gasteiger charge is -2.16. The lowest BCUT2D eigenvalue weighted by Crippen LogP contribution is -2.34. The number of urea groups is 1. The first-order valence-electron chi connectivity index (χ1n) is 9.10. The number of anilines is 1. The maximum absolute atomic E-state index is 12.5. The van der Waals surface area contributed by atoms with Gasteiger partial charge in [-0.15, -0.1) is 5.10 Å². The van der Waals surface area contributed by atoms with Gasteiger partial charge in [-0.1, -0.05) is 53.6 Å². The van der Waals surface area contributed by atoms with Crippen molar-refractivity contribution in [2.24, 2.45) is 0 Å². The number of hydrogen-bond donors (Lipinski definition) is 2. The molecule has 152 valence electrons. The van der Waals surface area contributed by atoms with E-state index in [1.54, 1.807) is 24.3 Å². The topological polar surface area (TPSA) is 114 Å². The van der Waals surface area contributed by atoms with Gasteiger partial charge in [0.25, 0.3) is 0 Å². The Morgan fingerprint density at radius 3 is 2.24 bits per heavy atom. The number of nitrogens with zero attached hydrogens (tertiary/aromatic N) is 2. The molecule has 2 amide bonds. The van der Waals surface area contributed by atoms with E-state index < -0.39 is 32.4 Å². The van der Waals surface area contributed by atoms with E-state index in [0.29, 0.717) is 12.1 Å². The first-order valence-corrected chi connectivity index (χ1v) is 10.6. The summed E-state index contributed by atoms with van der Waals surface area (Å²) in [6.07, 6.45) is 0.354. The number of aromatic nitrogens is 2. The summed E-state index contributed by atoms with van der Waals surface area (Å²) in [5.41, 5.74) is 1.54. The van der Waals surface area contributed by atoms with Crippen LogP contribution in [0, 0.1) is 0 Å². The number of nitrogens with one attached hydrogen (secondary N) is 2. The largest absolute Gasteiger partial charge is 0.410 e. The average Bonchev–Trinajstić information content (AvgIpc) is 3.20. The molecule has 0 aliphatic heterocycles. The zero-order valence-electron chi connectivity index (χ0n) is 16.1. The molecular formula is C20H22N4O4S. The number of sulfone groups is 1. The van der Waals surface area contributed by atoms with Crippen LogP contribution in [0.4, 0.5) is 10.5 Å². The number of benzene rings is 2. The normalized spacial score (nSPS) is 12.5. The van der Waals surface area contributed by atoms with E-state index in [9.17, 15) is 13.2 Å². The number of carbonyl (C=O) groups excluding carboxylic acids is 1. The van der Waals surface area contributed by atoms with Gasteiger partial charge in [0.1, 0.15) is 6.04 Å². The summed E-state index contributed by atoms with van der Waals surface area (Å²) in [6.45, 7) is 3.07. The summed E-state index contributed by atoms with van der Waals surface area (Å²) in [5.74, 6) is 0.0243. The molecule has 0 aliphatic carbocycles. The number of amides is 2. The Hall–Kier alpha value is -3.20. The van der Waals surface area contributed by atoms with Crippen molar-refractivity contribution in [3.8, 4) is 0 Å². The van der Waals surface area contributed by atoms with Gasteiger partial charge in [0, 0.05) is 12.1 Å². The Morgan fingerprint density at radius 2 is 1.62 bits per heavy atom. The van der Waals surface area contributed by atoms with Crippen LogP contribution in [-0.2, 0) is 16.3 Å². The Bertz CT molecular complexity index is 1050. The summed E-state index contributed by atoms with van der Waals surface area (Å²) >= 11 is 0. The SMILES string of the molecule is CC(C)S(=O)(=O)c1nnc([C@H](Cc2ccccc2)NC(=O)Nc2ccccc2)o1. The molecule has 0 saturated heterocycles. The van der Waals surface area contributed by atoms with Gasteiger partial charge in [0.2, 0.25) is 15.7 Å². The minimum Gasteiger partial charge on any atom is -0.410 e. The van der Waals surface area contributed by atoms with Crippen LogP contribution >= 0.6 is 0 Å². The first kappa shape index (κ1) is 20.5. The van der Waals surface area contributed by atoms with Gasteiger partial charge in [-0.3, -0.25) is 0 Å². The van der Waals surface area contributed by atoms with Crippen LogP contribution in [-0.4, -0.2) is 29.9 Å². The van der Waals surface area contributed by atoms with E-state index in [1.807, 2.05) is 36.4 Å². The molecule has 0 aliphatic rings. The summed E-state index contributed by atoms with van der Waals surface area (Å²) in [4.78, 5) is 12.5. The molecule has 3 aromatic rings. The third-order valence-electron chi connectivity index (χ3n) is 4.20. The van der Waals surface area contributed by atoms with Gasteiger partial charge in [-0.2, -0.15) is 0 Å². The minimum atomic E-state index is -3.71. The van der Waals surface area contributed by atoms with Crippen LogP contribution in [0.3, 0.4) is 0 Å². The van der Waals surface area contributed by atoms with Crippen molar-refractivity contribution in [1.29, 1.82) is 0 Å². The maximum Gasteiger partial charge on any atom is 0.335 e. The van der Waals surface area contributed by atoms with Crippen molar-refractivity contribution in [2.75, 3.05) is 5.32 Å². The second-order valence-electron chi connectivity index (χ2n) is 6.71. The molecule has 29 heavy (non-hydrogen) atoms. The number of rotatable bonds is 7. The van der Waals surface area contributed by atoms with Gasteiger partial charge in [-0.25, -0.2) is 13.2 Å². The summed E-state index contributed by atoms with van der Waals surface area (Å²) < 4.78 is 30.0. The van der Waals surface area contributed by atoms with Gasteiger partial charge < -0.3 is 15.1 Å². The standard InChI is InChI=1S/C20H22N4O4S/c1-14(2)29(26,27)20-24-23-18(28-20)17(13-15-9-5-3-6-10-15)22-19(25)21-16-11-7-4-8-12-16/h3-12,14,17H,13H2,1-2H3,(H2,21,22,25)/t17-/m0/s1. The molecular weight excluding hydrogens is 392 g/mol. The fourth-order valence-corrected chi connectivity index (χ4v) is 3.33. The van der Waals surface area contributed by atoms with E-state index in [4.69, 9.17) is 4.42 Å². The summed E-state index contributed by atoms with van der Waals surface area (Å²) in [5, 5.41) is 11.9. The molecule has 9 heteroatoms. The zero-order valence-corrected chi connectivity index (χ0v) is 16.9. The molecule has 0 bridgehead atoms. The first-order chi connectivity index (χ1) is 13.9. The van der Waals surface area contributed by atoms with E-state index in [2.05, 4.69) is 20.8 Å². The fraction of sp³-hybridized carbons (Fsp3) is 0.250. The van der Waals surface area contributed by atoms with Crippen molar-refractivity contribution in [3.05, 3.63) is 72.1 Å². The number of para-hydroxylation sites is 1. The Balaban J connectivity index is 1.83. The zero-order chi connectivity index (χ0) is 20.9. The van der Waals surface area contributed by atoms with Crippen LogP contribution in [0.1, 0.15) is 31.3 Å². The third kappa shape index (κ3) is 5.20. The monoisotopic (exact) mass is 414 g/mol. The van der Waals surface area contributed by atoms with E-state index in [-0.39, 0.29) is 5.89 Å². The minimum absolute atomic E-state index is 0.0243. The second-order valence-corrected chi connectivity index (χ2v) is 9.09. The van der Waals surface area contributed by atoms with Crippen LogP contribution in [0.5, 0.6) is 0 Å². The second kappa shape index (κ2) is 8.87. The number of carbonyl (C=O) groups is 1. The molecule has 2 aromatic carbocycles. The van der Waals surface area contributed by atoms with Crippen LogP contribution in [0.15, 0.2) is 70.3 Å². The van der Waals surface area contributed by atoms with Crippen molar-refractivity contribution >= 4 is 21.6 Å². The molecule has 0 unspecified atom stereocenters. The average molecular weight is 414 g/mol. The quantitative estimate of drug-likeness (QED) is 0.613. The third-order valence-corrected chi connectivity index (χ3v) is 6.10. The van der Waals surface area contributed by atoms with Crippen LogP contribution < -0.4 is 10.6 Å². The van der Waals surface area contributed by atoms with Crippen LogP contribution in [0.2, 0.25) is 0 Å². The number of hydrogen-bond acceptors (Lipinski definition) is 6. The van der Waals surface area contributed by atoms with Crippen molar-refractivity contribution < 1.29 is 17.6 Å². The predicted octanol–water partition coefficient (Wildman–Crippen LogP) is 3.36. The molecule has 3 rings (SSSR count). The lowest BCUT2D eigenvalue weighted by atomic mass is 10.1. The van der Waals surface area contributed by atoms with Crippen molar-refractivity contribution in [2.45, 2.75) is 36.8 Å². The molecule has 1 atom stereocenters. The predicted molar refractivity (Wildman–Crippen MR) is 108 cm³/mol. The summed E-state index contributed by atoms with van der Waals surface area (Å²) in [6, 6.07) is 17.2. The van der Waals surface area contributed by atoms with E-state index >= 15 is 0 Å². The molecule has 8 nitrogen and oxygen atoms in total. The van der Waals surface area contributed by atoms with Crippen molar-refractivity contribution in [1.82, 2.24) is 15.5 Å². The van der Waals surface area contributed by atoms with Gasteiger partial charge in [0.05, 0.1) is 5.25 Å². The molecule has 2 N–H and O–H groups in total. The highest BCUT2D eigenvalue weighted by atomic mass is 32.2. The fourth-order valence-electron chi connectivity index (χ4n) is 2.57. The molecule has 0 saturated carbocycles. The maximum atomic E-state index is 12.5. The van der Waals surface area contributed by atoms with E-state index in [0.717, 1.165) is 5.56 Å².